The molecule has 0 aromatic heterocycles. The Labute approximate surface area is 159 Å². The molecule has 6 heteroatoms. The van der Waals surface area contributed by atoms with E-state index in [0.717, 1.165) is 0 Å². The molecule has 0 saturated heterocycles. The molecule has 0 unspecified atom stereocenters. The number of rotatable bonds is 4. The zero-order valence-electron chi connectivity index (χ0n) is 13.5. The smallest absolute Gasteiger partial charge is 0.124 e. The topological polar surface area (TPSA) is 60.7 Å². The number of phenols is 3. The van der Waals surface area contributed by atoms with Gasteiger partial charge in [0.25, 0.3) is 0 Å². The van der Waals surface area contributed by atoms with Crippen molar-refractivity contribution in [2.75, 3.05) is 0 Å². The van der Waals surface area contributed by atoms with Crippen molar-refractivity contribution in [3.05, 3.63) is 86.6 Å². The van der Waals surface area contributed by atoms with Crippen LogP contribution in [0.1, 0.15) is 22.3 Å². The van der Waals surface area contributed by atoms with Crippen molar-refractivity contribution in [3.8, 4) is 17.2 Å². The standard InChI is InChI=1S/C20H15Cl2FO3/c21-15-1-3-18(24)11(7-15)5-13-9-17(23)10-14(20(13)26)6-12-8-16(22)2-4-19(12)25/h1-4,7-10,24-26H,5-6H2. The third-order valence-electron chi connectivity index (χ3n) is 4.08. The Morgan fingerprint density at radius 1 is 0.654 bits per heavy atom. The molecule has 0 heterocycles. The lowest BCUT2D eigenvalue weighted by Gasteiger charge is -2.13. The van der Waals surface area contributed by atoms with Gasteiger partial charge in [-0.1, -0.05) is 23.2 Å². The predicted molar refractivity (Wildman–Crippen MR) is 99.9 cm³/mol. The van der Waals surface area contributed by atoms with E-state index in [2.05, 4.69) is 0 Å². The van der Waals surface area contributed by atoms with Crippen molar-refractivity contribution in [1.82, 2.24) is 0 Å². The summed E-state index contributed by atoms with van der Waals surface area (Å²) in [5.41, 5.74) is 1.54. The fourth-order valence-corrected chi connectivity index (χ4v) is 3.18. The minimum absolute atomic E-state index is 0.00657. The molecule has 0 aliphatic rings. The first-order valence-corrected chi connectivity index (χ1v) is 8.54. The fourth-order valence-electron chi connectivity index (χ4n) is 2.79. The van der Waals surface area contributed by atoms with E-state index in [-0.39, 0.29) is 30.1 Å². The molecule has 3 aromatic carbocycles. The molecule has 3 aromatic rings. The molecule has 0 radical (unpaired) electrons. The minimum atomic E-state index is -0.532. The zero-order valence-corrected chi connectivity index (χ0v) is 15.0. The lowest BCUT2D eigenvalue weighted by atomic mass is 9.96. The van der Waals surface area contributed by atoms with E-state index in [1.165, 1.54) is 24.3 Å². The van der Waals surface area contributed by atoms with Gasteiger partial charge in [-0.05, 0) is 59.7 Å². The highest BCUT2D eigenvalue weighted by Gasteiger charge is 2.15. The number of hydrogen-bond donors (Lipinski definition) is 3. The van der Waals surface area contributed by atoms with E-state index >= 15 is 0 Å². The summed E-state index contributed by atoms with van der Waals surface area (Å²) in [5.74, 6) is -0.625. The summed E-state index contributed by atoms with van der Waals surface area (Å²) in [6, 6.07) is 11.5. The summed E-state index contributed by atoms with van der Waals surface area (Å²) in [6.45, 7) is 0. The van der Waals surface area contributed by atoms with Crippen LogP contribution in [-0.4, -0.2) is 15.3 Å². The van der Waals surface area contributed by atoms with Crippen molar-refractivity contribution < 1.29 is 19.7 Å². The Morgan fingerprint density at radius 3 is 1.50 bits per heavy atom. The molecular formula is C20H15Cl2FO3. The Morgan fingerprint density at radius 2 is 1.08 bits per heavy atom. The Hall–Kier alpha value is -2.43. The summed E-state index contributed by atoms with van der Waals surface area (Å²) in [5, 5.41) is 31.3. The molecule has 0 amide bonds. The molecule has 3 rings (SSSR count). The van der Waals surface area contributed by atoms with Gasteiger partial charge in [-0.3, -0.25) is 0 Å². The second-order valence-electron chi connectivity index (χ2n) is 5.97. The van der Waals surface area contributed by atoms with E-state index < -0.39 is 5.82 Å². The molecule has 0 spiro atoms. The zero-order chi connectivity index (χ0) is 18.8. The molecule has 0 bridgehead atoms. The third-order valence-corrected chi connectivity index (χ3v) is 4.55. The normalized spacial score (nSPS) is 10.9. The van der Waals surface area contributed by atoms with Gasteiger partial charge in [0.05, 0.1) is 0 Å². The van der Waals surface area contributed by atoms with Crippen LogP contribution in [0.4, 0.5) is 4.39 Å². The molecule has 3 nitrogen and oxygen atoms in total. The van der Waals surface area contributed by atoms with Crippen LogP contribution in [0, 0.1) is 5.82 Å². The first kappa shape index (κ1) is 18.4. The highest BCUT2D eigenvalue weighted by molar-refractivity contribution is 6.31. The lowest BCUT2D eigenvalue weighted by Crippen LogP contribution is -1.97. The van der Waals surface area contributed by atoms with Crippen LogP contribution in [0.15, 0.2) is 48.5 Å². The lowest BCUT2D eigenvalue weighted by molar-refractivity contribution is 0.454. The van der Waals surface area contributed by atoms with Crippen LogP contribution in [0.3, 0.4) is 0 Å². The maximum absolute atomic E-state index is 14.1. The molecular weight excluding hydrogens is 378 g/mol. The second-order valence-corrected chi connectivity index (χ2v) is 6.85. The van der Waals surface area contributed by atoms with Crippen molar-refractivity contribution >= 4 is 23.2 Å². The van der Waals surface area contributed by atoms with Gasteiger partial charge in [-0.25, -0.2) is 4.39 Å². The van der Waals surface area contributed by atoms with Gasteiger partial charge in [-0.15, -0.1) is 0 Å². The van der Waals surface area contributed by atoms with Crippen LogP contribution >= 0.6 is 23.2 Å². The average Bonchev–Trinajstić information content (AvgIpc) is 2.58. The molecule has 134 valence electrons. The Kier molecular flexibility index (Phi) is 5.25. The van der Waals surface area contributed by atoms with E-state index in [4.69, 9.17) is 23.2 Å². The SMILES string of the molecule is Oc1ccc(Cl)cc1Cc1cc(F)cc(Cc2cc(Cl)ccc2O)c1O. The molecule has 26 heavy (non-hydrogen) atoms. The highest BCUT2D eigenvalue weighted by atomic mass is 35.5. The number of benzene rings is 3. The van der Waals surface area contributed by atoms with Gasteiger partial charge in [0.1, 0.15) is 23.1 Å². The summed E-state index contributed by atoms with van der Waals surface area (Å²) in [7, 11) is 0. The van der Waals surface area contributed by atoms with E-state index in [0.29, 0.717) is 32.3 Å². The number of halogens is 3. The molecule has 0 aliphatic carbocycles. The van der Waals surface area contributed by atoms with Gasteiger partial charge >= 0.3 is 0 Å². The van der Waals surface area contributed by atoms with Crippen molar-refractivity contribution in [1.29, 1.82) is 0 Å². The highest BCUT2D eigenvalue weighted by Crippen LogP contribution is 2.33. The molecule has 0 saturated carbocycles. The van der Waals surface area contributed by atoms with Crippen LogP contribution in [-0.2, 0) is 12.8 Å². The van der Waals surface area contributed by atoms with E-state index in [9.17, 15) is 19.7 Å². The summed E-state index contributed by atoms with van der Waals surface area (Å²) in [4.78, 5) is 0. The average molecular weight is 393 g/mol. The Bertz CT molecular complexity index is 899. The number of hydrogen-bond acceptors (Lipinski definition) is 3. The van der Waals surface area contributed by atoms with Gasteiger partial charge < -0.3 is 15.3 Å². The maximum Gasteiger partial charge on any atom is 0.124 e. The first-order valence-electron chi connectivity index (χ1n) is 7.78. The summed E-state index contributed by atoms with van der Waals surface area (Å²) >= 11 is 11.9. The molecule has 0 fully saturated rings. The largest absolute Gasteiger partial charge is 0.508 e. The van der Waals surface area contributed by atoms with Gasteiger partial charge in [0, 0.05) is 34.0 Å². The molecule has 3 N–H and O–H groups in total. The fraction of sp³-hybridized carbons (Fsp3) is 0.100. The van der Waals surface area contributed by atoms with Gasteiger partial charge in [0.15, 0.2) is 0 Å². The second kappa shape index (κ2) is 7.44. The van der Waals surface area contributed by atoms with Gasteiger partial charge in [0.2, 0.25) is 0 Å². The molecule has 0 atom stereocenters. The van der Waals surface area contributed by atoms with Gasteiger partial charge in [-0.2, -0.15) is 0 Å². The summed E-state index contributed by atoms with van der Waals surface area (Å²) < 4.78 is 14.1. The molecule has 0 aliphatic heterocycles. The maximum atomic E-state index is 14.1. The van der Waals surface area contributed by atoms with Crippen LogP contribution < -0.4 is 0 Å². The minimum Gasteiger partial charge on any atom is -0.508 e. The van der Waals surface area contributed by atoms with Crippen molar-refractivity contribution in [2.24, 2.45) is 0 Å². The number of phenolic OH excluding ortho intramolecular Hbond substituents is 3. The number of aromatic hydroxyl groups is 3. The van der Waals surface area contributed by atoms with Crippen LogP contribution in [0.5, 0.6) is 17.2 Å². The Balaban J connectivity index is 1.98. The van der Waals surface area contributed by atoms with Crippen LogP contribution in [0.25, 0.3) is 0 Å². The monoisotopic (exact) mass is 392 g/mol. The first-order chi connectivity index (χ1) is 12.3. The van der Waals surface area contributed by atoms with Crippen molar-refractivity contribution in [3.63, 3.8) is 0 Å². The third kappa shape index (κ3) is 4.03. The van der Waals surface area contributed by atoms with E-state index in [1.54, 1.807) is 24.3 Å². The summed E-state index contributed by atoms with van der Waals surface area (Å²) in [6.07, 6.45) is 0.203. The van der Waals surface area contributed by atoms with Crippen molar-refractivity contribution in [2.45, 2.75) is 12.8 Å². The predicted octanol–water partition coefficient (Wildman–Crippen LogP) is 5.43. The quantitative estimate of drug-likeness (QED) is 0.554. The van der Waals surface area contributed by atoms with E-state index in [1.807, 2.05) is 0 Å². The van der Waals surface area contributed by atoms with Crippen LogP contribution in [0.2, 0.25) is 10.0 Å².